The summed E-state index contributed by atoms with van der Waals surface area (Å²) in [6.07, 6.45) is 3.83. The SMILES string of the molecule is Cc1cc2c(c(-c3ccccc3)c1)CCC2. The minimum absolute atomic E-state index is 1.25. The highest BCUT2D eigenvalue weighted by atomic mass is 14.2. The summed E-state index contributed by atoms with van der Waals surface area (Å²) in [7, 11) is 0. The molecule has 0 nitrogen and oxygen atoms in total. The van der Waals surface area contributed by atoms with Gasteiger partial charge in [-0.25, -0.2) is 0 Å². The predicted octanol–water partition coefficient (Wildman–Crippen LogP) is 4.15. The maximum Gasteiger partial charge on any atom is -0.0147 e. The molecule has 0 radical (unpaired) electrons. The summed E-state index contributed by atoms with van der Waals surface area (Å²) in [5, 5.41) is 0. The highest BCUT2D eigenvalue weighted by molar-refractivity contribution is 5.70. The summed E-state index contributed by atoms with van der Waals surface area (Å²) in [6.45, 7) is 2.20. The van der Waals surface area contributed by atoms with Crippen molar-refractivity contribution < 1.29 is 0 Å². The molecule has 0 fully saturated rings. The monoisotopic (exact) mass is 208 g/mol. The highest BCUT2D eigenvalue weighted by Gasteiger charge is 2.15. The zero-order valence-electron chi connectivity index (χ0n) is 9.66. The Bertz CT molecular complexity index is 509. The minimum atomic E-state index is 1.25. The summed E-state index contributed by atoms with van der Waals surface area (Å²) in [5.41, 5.74) is 7.35. The van der Waals surface area contributed by atoms with Gasteiger partial charge in [0, 0.05) is 0 Å². The normalized spacial score (nSPS) is 13.8. The van der Waals surface area contributed by atoms with E-state index >= 15 is 0 Å². The zero-order valence-corrected chi connectivity index (χ0v) is 9.66. The molecule has 3 rings (SSSR count). The largest absolute Gasteiger partial charge is 0.0622 e. The molecular weight excluding hydrogens is 192 g/mol. The summed E-state index contributed by atoms with van der Waals surface area (Å²) < 4.78 is 0. The molecule has 16 heavy (non-hydrogen) atoms. The van der Waals surface area contributed by atoms with E-state index in [9.17, 15) is 0 Å². The standard InChI is InChI=1S/C16H16/c1-12-10-14-8-5-9-15(14)16(11-12)13-6-3-2-4-7-13/h2-4,6-7,10-11H,5,8-9H2,1H3. The van der Waals surface area contributed by atoms with Gasteiger partial charge in [0.1, 0.15) is 0 Å². The Hall–Kier alpha value is -1.56. The van der Waals surface area contributed by atoms with Gasteiger partial charge in [0.2, 0.25) is 0 Å². The first kappa shape index (κ1) is 9.65. The lowest BCUT2D eigenvalue weighted by molar-refractivity contribution is 0.912. The first-order chi connectivity index (χ1) is 7.84. The van der Waals surface area contributed by atoms with E-state index in [-0.39, 0.29) is 0 Å². The van der Waals surface area contributed by atoms with Gasteiger partial charge in [0.15, 0.2) is 0 Å². The van der Waals surface area contributed by atoms with Crippen LogP contribution in [0.1, 0.15) is 23.1 Å². The van der Waals surface area contributed by atoms with Gasteiger partial charge in [-0.05, 0) is 48.4 Å². The molecule has 0 amide bonds. The fourth-order valence-electron chi connectivity index (χ4n) is 2.74. The van der Waals surface area contributed by atoms with Crippen LogP contribution in [0.5, 0.6) is 0 Å². The van der Waals surface area contributed by atoms with Crippen LogP contribution >= 0.6 is 0 Å². The maximum absolute atomic E-state index is 2.36. The van der Waals surface area contributed by atoms with Gasteiger partial charge in [-0.1, -0.05) is 48.0 Å². The van der Waals surface area contributed by atoms with Crippen molar-refractivity contribution >= 4 is 0 Å². The van der Waals surface area contributed by atoms with Crippen molar-refractivity contribution in [3.8, 4) is 11.1 Å². The van der Waals surface area contributed by atoms with Crippen LogP contribution in [0.25, 0.3) is 11.1 Å². The minimum Gasteiger partial charge on any atom is -0.0622 e. The fraction of sp³-hybridized carbons (Fsp3) is 0.250. The third kappa shape index (κ3) is 1.55. The smallest absolute Gasteiger partial charge is 0.0147 e. The Morgan fingerprint density at radius 3 is 2.56 bits per heavy atom. The van der Waals surface area contributed by atoms with Crippen LogP contribution in [0.2, 0.25) is 0 Å². The van der Waals surface area contributed by atoms with E-state index in [1.807, 2.05) is 0 Å². The molecule has 0 unspecified atom stereocenters. The molecule has 0 heterocycles. The average molecular weight is 208 g/mol. The second-order valence-electron chi connectivity index (χ2n) is 4.67. The quantitative estimate of drug-likeness (QED) is 0.660. The van der Waals surface area contributed by atoms with Crippen LogP contribution in [0.15, 0.2) is 42.5 Å². The second kappa shape index (κ2) is 3.79. The number of rotatable bonds is 1. The summed E-state index contributed by atoms with van der Waals surface area (Å²) in [6, 6.07) is 15.5. The van der Waals surface area contributed by atoms with E-state index < -0.39 is 0 Å². The predicted molar refractivity (Wildman–Crippen MR) is 68.6 cm³/mol. The van der Waals surface area contributed by atoms with Crippen molar-refractivity contribution in [3.05, 3.63) is 59.2 Å². The Morgan fingerprint density at radius 2 is 1.75 bits per heavy atom. The third-order valence-corrected chi connectivity index (χ3v) is 3.44. The van der Waals surface area contributed by atoms with E-state index in [2.05, 4.69) is 49.4 Å². The second-order valence-corrected chi connectivity index (χ2v) is 4.67. The number of aryl methyl sites for hydroxylation is 2. The lowest BCUT2D eigenvalue weighted by Crippen LogP contribution is -1.90. The highest BCUT2D eigenvalue weighted by Crippen LogP contribution is 2.33. The molecule has 0 aromatic heterocycles. The summed E-state index contributed by atoms with van der Waals surface area (Å²) in [5.74, 6) is 0. The Balaban J connectivity index is 2.21. The van der Waals surface area contributed by atoms with Crippen LogP contribution in [0, 0.1) is 6.92 Å². The van der Waals surface area contributed by atoms with Crippen molar-refractivity contribution in [1.29, 1.82) is 0 Å². The molecule has 1 aliphatic rings. The van der Waals surface area contributed by atoms with Crippen molar-refractivity contribution in [2.75, 3.05) is 0 Å². The number of hydrogen-bond donors (Lipinski definition) is 0. The van der Waals surface area contributed by atoms with Crippen LogP contribution < -0.4 is 0 Å². The number of benzene rings is 2. The van der Waals surface area contributed by atoms with Crippen LogP contribution in [-0.2, 0) is 12.8 Å². The van der Waals surface area contributed by atoms with Crippen LogP contribution in [-0.4, -0.2) is 0 Å². The maximum atomic E-state index is 2.36. The average Bonchev–Trinajstić information content (AvgIpc) is 2.77. The van der Waals surface area contributed by atoms with E-state index in [4.69, 9.17) is 0 Å². The van der Waals surface area contributed by atoms with Crippen molar-refractivity contribution in [2.24, 2.45) is 0 Å². The molecule has 0 saturated heterocycles. The first-order valence-corrected chi connectivity index (χ1v) is 6.02. The number of fused-ring (bicyclic) bond motifs is 1. The molecule has 0 heteroatoms. The van der Waals surface area contributed by atoms with E-state index in [1.54, 1.807) is 11.1 Å². The van der Waals surface area contributed by atoms with Gasteiger partial charge in [0.05, 0.1) is 0 Å². The molecule has 2 aromatic carbocycles. The molecule has 0 aliphatic heterocycles. The van der Waals surface area contributed by atoms with E-state index in [0.717, 1.165) is 0 Å². The molecular formula is C16H16. The fourth-order valence-corrected chi connectivity index (χ4v) is 2.74. The van der Waals surface area contributed by atoms with Crippen LogP contribution in [0.4, 0.5) is 0 Å². The van der Waals surface area contributed by atoms with Gasteiger partial charge in [-0.15, -0.1) is 0 Å². The van der Waals surface area contributed by atoms with Gasteiger partial charge < -0.3 is 0 Å². The lowest BCUT2D eigenvalue weighted by atomic mass is 9.95. The summed E-state index contributed by atoms with van der Waals surface area (Å²) in [4.78, 5) is 0. The molecule has 2 aromatic rings. The van der Waals surface area contributed by atoms with Gasteiger partial charge >= 0.3 is 0 Å². The van der Waals surface area contributed by atoms with Crippen LogP contribution in [0.3, 0.4) is 0 Å². The molecule has 0 spiro atoms. The van der Waals surface area contributed by atoms with Gasteiger partial charge in [-0.3, -0.25) is 0 Å². The molecule has 80 valence electrons. The van der Waals surface area contributed by atoms with Crippen molar-refractivity contribution in [3.63, 3.8) is 0 Å². The third-order valence-electron chi connectivity index (χ3n) is 3.44. The van der Waals surface area contributed by atoms with E-state index in [0.29, 0.717) is 0 Å². The van der Waals surface area contributed by atoms with Crippen molar-refractivity contribution in [2.45, 2.75) is 26.2 Å². The lowest BCUT2D eigenvalue weighted by Gasteiger charge is -2.10. The molecule has 0 atom stereocenters. The van der Waals surface area contributed by atoms with Gasteiger partial charge in [0.25, 0.3) is 0 Å². The van der Waals surface area contributed by atoms with Crippen molar-refractivity contribution in [1.82, 2.24) is 0 Å². The molecule has 1 aliphatic carbocycles. The Kier molecular flexibility index (Phi) is 2.28. The molecule has 0 saturated carbocycles. The molecule has 0 bridgehead atoms. The number of hydrogen-bond acceptors (Lipinski definition) is 0. The Labute approximate surface area is 96.9 Å². The van der Waals surface area contributed by atoms with E-state index in [1.165, 1.54) is 36.0 Å². The Morgan fingerprint density at radius 1 is 0.938 bits per heavy atom. The van der Waals surface area contributed by atoms with Gasteiger partial charge in [-0.2, -0.15) is 0 Å². The molecule has 0 N–H and O–H groups in total. The first-order valence-electron chi connectivity index (χ1n) is 6.02. The zero-order chi connectivity index (χ0) is 11.0. The summed E-state index contributed by atoms with van der Waals surface area (Å²) >= 11 is 0. The topological polar surface area (TPSA) is 0 Å².